The highest BCUT2D eigenvalue weighted by atomic mass is 35.5. The number of aromatic nitrogens is 2. The summed E-state index contributed by atoms with van der Waals surface area (Å²) in [6.07, 6.45) is 2.40. The maximum atomic E-state index is 11.6. The summed E-state index contributed by atoms with van der Waals surface area (Å²) in [7, 11) is -1.02. The van der Waals surface area contributed by atoms with Crippen LogP contribution in [0.3, 0.4) is 0 Å². The molecule has 1 aromatic rings. The largest absolute Gasteiger partial charge is 0.368 e. The molecule has 20 heavy (non-hydrogen) atoms. The molecule has 1 saturated heterocycles. The van der Waals surface area contributed by atoms with Crippen LogP contribution in [0.15, 0.2) is 6.20 Å². The van der Waals surface area contributed by atoms with Gasteiger partial charge in [0.2, 0.25) is 0 Å². The van der Waals surface area contributed by atoms with Crippen LogP contribution >= 0.6 is 11.6 Å². The second kappa shape index (κ2) is 5.85. The molecular formula is C13H20ClN3O2S. The molecule has 1 aliphatic rings. The number of nitrogens with zero attached hydrogens (tertiary/aromatic N) is 3. The van der Waals surface area contributed by atoms with Crippen LogP contribution in [-0.4, -0.2) is 43.0 Å². The summed E-state index contributed by atoms with van der Waals surface area (Å²) in [4.78, 5) is 10.8. The minimum absolute atomic E-state index is 0.0181. The zero-order valence-electron chi connectivity index (χ0n) is 12.0. The van der Waals surface area contributed by atoms with Crippen molar-refractivity contribution in [2.75, 3.05) is 23.5 Å². The van der Waals surface area contributed by atoms with E-state index < -0.39 is 9.84 Å². The van der Waals surface area contributed by atoms with E-state index in [-0.39, 0.29) is 23.5 Å². The number of anilines is 1. The maximum Gasteiger partial charge on any atom is 0.152 e. The van der Waals surface area contributed by atoms with E-state index in [4.69, 9.17) is 11.6 Å². The van der Waals surface area contributed by atoms with Gasteiger partial charge in [-0.25, -0.2) is 18.4 Å². The van der Waals surface area contributed by atoms with Crippen LogP contribution in [-0.2, 0) is 15.7 Å². The fraction of sp³-hybridized carbons (Fsp3) is 0.692. The van der Waals surface area contributed by atoms with Gasteiger partial charge in [-0.3, -0.25) is 0 Å². The molecule has 0 bridgehead atoms. The molecule has 2 heterocycles. The Morgan fingerprint density at radius 3 is 2.70 bits per heavy atom. The highest BCUT2D eigenvalue weighted by Gasteiger charge is 2.31. The van der Waals surface area contributed by atoms with Gasteiger partial charge in [0.05, 0.1) is 35.0 Å². The van der Waals surface area contributed by atoms with Crippen molar-refractivity contribution in [1.82, 2.24) is 9.97 Å². The summed E-state index contributed by atoms with van der Waals surface area (Å²) in [6, 6.07) is -0.0181. The average Bonchev–Trinajstić information content (AvgIpc) is 2.77. The monoisotopic (exact) mass is 317 g/mol. The van der Waals surface area contributed by atoms with Crippen molar-refractivity contribution < 1.29 is 8.42 Å². The van der Waals surface area contributed by atoms with E-state index in [1.165, 1.54) is 0 Å². The minimum Gasteiger partial charge on any atom is -0.368 e. The van der Waals surface area contributed by atoms with Crippen LogP contribution in [0.2, 0.25) is 0 Å². The highest BCUT2D eigenvalue weighted by Crippen LogP contribution is 2.26. The Balaban J connectivity index is 2.28. The number of rotatable bonds is 4. The molecule has 0 radical (unpaired) electrons. The van der Waals surface area contributed by atoms with Gasteiger partial charge in [-0.2, -0.15) is 0 Å². The van der Waals surface area contributed by atoms with Crippen molar-refractivity contribution in [2.24, 2.45) is 0 Å². The summed E-state index contributed by atoms with van der Waals surface area (Å²) in [5.41, 5.74) is 1.59. The summed E-state index contributed by atoms with van der Waals surface area (Å²) in [5.74, 6) is 1.74. The van der Waals surface area contributed by atoms with Gasteiger partial charge in [0.1, 0.15) is 5.82 Å². The van der Waals surface area contributed by atoms with Gasteiger partial charge in [-0.15, -0.1) is 11.6 Å². The first-order valence-corrected chi connectivity index (χ1v) is 9.04. The van der Waals surface area contributed by atoms with Crippen molar-refractivity contribution >= 4 is 27.1 Å². The summed E-state index contributed by atoms with van der Waals surface area (Å²) < 4.78 is 23.2. The van der Waals surface area contributed by atoms with E-state index in [0.717, 1.165) is 17.2 Å². The lowest BCUT2D eigenvalue weighted by atomic mass is 10.2. The second-order valence-electron chi connectivity index (χ2n) is 5.52. The zero-order chi connectivity index (χ0) is 14.9. The molecule has 7 heteroatoms. The van der Waals surface area contributed by atoms with Crippen LogP contribution in [0, 0.1) is 0 Å². The number of sulfone groups is 1. The quantitative estimate of drug-likeness (QED) is 0.794. The lowest BCUT2D eigenvalue weighted by Crippen LogP contribution is -2.33. The number of hydrogen-bond donors (Lipinski definition) is 0. The van der Waals surface area contributed by atoms with Gasteiger partial charge in [0, 0.05) is 19.0 Å². The van der Waals surface area contributed by atoms with Gasteiger partial charge in [0.25, 0.3) is 0 Å². The number of alkyl halides is 1. The number of halogens is 1. The first-order chi connectivity index (χ1) is 9.34. The smallest absolute Gasteiger partial charge is 0.152 e. The van der Waals surface area contributed by atoms with Crippen LogP contribution in [0.25, 0.3) is 0 Å². The molecule has 1 fully saturated rings. The predicted molar refractivity (Wildman–Crippen MR) is 81.1 cm³/mol. The molecule has 0 aliphatic carbocycles. The fourth-order valence-electron chi connectivity index (χ4n) is 2.37. The molecule has 0 aromatic carbocycles. The van der Waals surface area contributed by atoms with Crippen LogP contribution in [0.4, 0.5) is 5.69 Å². The van der Waals surface area contributed by atoms with Crippen molar-refractivity contribution in [3.63, 3.8) is 0 Å². The van der Waals surface area contributed by atoms with Crippen molar-refractivity contribution in [3.05, 3.63) is 17.7 Å². The van der Waals surface area contributed by atoms with Crippen molar-refractivity contribution in [3.8, 4) is 0 Å². The van der Waals surface area contributed by atoms with Gasteiger partial charge in [0.15, 0.2) is 9.84 Å². The molecule has 112 valence electrons. The standard InChI is InChI=1S/C13H20ClN3O2S/c1-9(2)13-15-7-12(11(6-14)16-13)17(3)10-4-5-20(18,19)8-10/h7,9-10H,4-6,8H2,1-3H3. The Hall–Kier alpha value is -0.880. The molecule has 0 spiro atoms. The van der Waals surface area contributed by atoms with Gasteiger partial charge in [-0.1, -0.05) is 13.8 Å². The third-order valence-electron chi connectivity index (χ3n) is 3.64. The normalized spacial score (nSPS) is 21.4. The first-order valence-electron chi connectivity index (χ1n) is 6.69. The van der Waals surface area contributed by atoms with Crippen LogP contribution in [0.1, 0.15) is 37.7 Å². The second-order valence-corrected chi connectivity index (χ2v) is 8.01. The Kier molecular flexibility index (Phi) is 4.54. The SMILES string of the molecule is CC(C)c1ncc(N(C)C2CCS(=O)(=O)C2)c(CCl)n1. The summed E-state index contributed by atoms with van der Waals surface area (Å²) in [6.45, 7) is 4.06. The molecule has 0 saturated carbocycles. The van der Waals surface area contributed by atoms with E-state index in [2.05, 4.69) is 9.97 Å². The summed E-state index contributed by atoms with van der Waals surface area (Å²) in [5, 5.41) is 0. The van der Waals surface area contributed by atoms with E-state index in [1.54, 1.807) is 6.20 Å². The molecular weight excluding hydrogens is 298 g/mol. The van der Waals surface area contributed by atoms with Gasteiger partial charge < -0.3 is 4.90 Å². The highest BCUT2D eigenvalue weighted by molar-refractivity contribution is 7.91. The topological polar surface area (TPSA) is 63.2 Å². The van der Waals surface area contributed by atoms with Crippen molar-refractivity contribution in [1.29, 1.82) is 0 Å². The Labute approximate surface area is 125 Å². The predicted octanol–water partition coefficient (Wildman–Crippen LogP) is 1.96. The maximum absolute atomic E-state index is 11.6. The number of hydrogen-bond acceptors (Lipinski definition) is 5. The van der Waals surface area contributed by atoms with Gasteiger partial charge >= 0.3 is 0 Å². The van der Waals surface area contributed by atoms with E-state index in [9.17, 15) is 8.42 Å². The summed E-state index contributed by atoms with van der Waals surface area (Å²) >= 11 is 5.98. The van der Waals surface area contributed by atoms with Crippen LogP contribution in [0.5, 0.6) is 0 Å². The molecule has 1 aromatic heterocycles. The fourth-order valence-corrected chi connectivity index (χ4v) is 4.35. The molecule has 5 nitrogen and oxygen atoms in total. The molecule has 2 rings (SSSR count). The first kappa shape index (κ1) is 15.5. The zero-order valence-corrected chi connectivity index (χ0v) is 13.6. The Morgan fingerprint density at radius 1 is 1.50 bits per heavy atom. The average molecular weight is 318 g/mol. The molecule has 0 amide bonds. The van der Waals surface area contributed by atoms with Crippen LogP contribution < -0.4 is 4.90 Å². The van der Waals surface area contributed by atoms with E-state index in [0.29, 0.717) is 12.3 Å². The molecule has 1 unspecified atom stereocenters. The third kappa shape index (κ3) is 3.23. The third-order valence-corrected chi connectivity index (χ3v) is 5.65. The lowest BCUT2D eigenvalue weighted by molar-refractivity contribution is 0.600. The molecule has 1 aliphatic heterocycles. The lowest BCUT2D eigenvalue weighted by Gasteiger charge is -2.27. The molecule has 0 N–H and O–H groups in total. The van der Waals surface area contributed by atoms with Crippen molar-refractivity contribution in [2.45, 2.75) is 38.1 Å². The minimum atomic E-state index is -2.91. The van der Waals surface area contributed by atoms with E-state index in [1.807, 2.05) is 25.8 Å². The molecule has 1 atom stereocenters. The Bertz CT molecular complexity index is 589. The Morgan fingerprint density at radius 2 is 2.20 bits per heavy atom. The van der Waals surface area contributed by atoms with E-state index >= 15 is 0 Å². The van der Waals surface area contributed by atoms with Gasteiger partial charge in [-0.05, 0) is 6.42 Å².